The maximum absolute atomic E-state index is 13.0. The minimum absolute atomic E-state index is 0.0338. The normalized spacial score (nSPS) is 15.9. The van der Waals surface area contributed by atoms with Gasteiger partial charge in [0.1, 0.15) is 5.75 Å². The molecule has 1 aliphatic rings. The number of hydrogen-bond acceptors (Lipinski definition) is 4. The lowest BCUT2D eigenvalue weighted by molar-refractivity contribution is -0.130. The predicted molar refractivity (Wildman–Crippen MR) is 127 cm³/mol. The van der Waals surface area contributed by atoms with E-state index in [4.69, 9.17) is 4.74 Å². The molecule has 6 nitrogen and oxygen atoms in total. The summed E-state index contributed by atoms with van der Waals surface area (Å²) in [4.78, 5) is 29.2. The summed E-state index contributed by atoms with van der Waals surface area (Å²) in [5.74, 6) is 0.644. The Morgan fingerprint density at radius 2 is 1.88 bits per heavy atom. The molecule has 0 fully saturated rings. The third-order valence-corrected chi connectivity index (χ3v) is 6.07. The molecule has 2 amide bonds. The number of methoxy groups -OCH3 is 1. The first-order valence-electron chi connectivity index (χ1n) is 11.2. The van der Waals surface area contributed by atoms with E-state index < -0.39 is 0 Å². The second-order valence-corrected chi connectivity index (χ2v) is 7.91. The fourth-order valence-electron chi connectivity index (χ4n) is 4.34. The minimum atomic E-state index is -0.308. The standard InChI is InChI=1S/C26H33N3O3/c1-5-28(6-2)25(21-11-9-12-22(16-21)32-4)18-27-26(31)17-24-23-13-8-7-10-20(23)14-15-29(24)19(3)30/h7-16,24-25H,5-6,17-18H2,1-4H3,(H,27,31). The van der Waals surface area contributed by atoms with Gasteiger partial charge in [-0.2, -0.15) is 0 Å². The van der Waals surface area contributed by atoms with Gasteiger partial charge in [-0.1, -0.05) is 50.2 Å². The summed E-state index contributed by atoms with van der Waals surface area (Å²) in [6, 6.07) is 15.6. The average Bonchev–Trinajstić information content (AvgIpc) is 2.81. The zero-order chi connectivity index (χ0) is 23.1. The van der Waals surface area contributed by atoms with Crippen LogP contribution in [0.4, 0.5) is 0 Å². The van der Waals surface area contributed by atoms with E-state index in [1.165, 1.54) is 6.92 Å². The first-order chi connectivity index (χ1) is 15.5. The van der Waals surface area contributed by atoms with Crippen LogP contribution in [0.5, 0.6) is 5.75 Å². The monoisotopic (exact) mass is 435 g/mol. The number of carbonyl (C=O) groups excluding carboxylic acids is 2. The van der Waals surface area contributed by atoms with E-state index in [9.17, 15) is 9.59 Å². The molecule has 0 saturated carbocycles. The van der Waals surface area contributed by atoms with Gasteiger partial charge in [-0.05, 0) is 48.0 Å². The smallest absolute Gasteiger partial charge is 0.223 e. The molecule has 6 heteroatoms. The van der Waals surface area contributed by atoms with E-state index in [-0.39, 0.29) is 30.3 Å². The van der Waals surface area contributed by atoms with E-state index >= 15 is 0 Å². The van der Waals surface area contributed by atoms with Gasteiger partial charge in [-0.25, -0.2) is 0 Å². The van der Waals surface area contributed by atoms with Gasteiger partial charge in [-0.15, -0.1) is 0 Å². The van der Waals surface area contributed by atoms with Gasteiger partial charge < -0.3 is 15.0 Å². The molecule has 1 heterocycles. The van der Waals surface area contributed by atoms with Crippen molar-refractivity contribution in [2.45, 2.75) is 39.3 Å². The average molecular weight is 436 g/mol. The van der Waals surface area contributed by atoms with Crippen molar-refractivity contribution >= 4 is 17.9 Å². The van der Waals surface area contributed by atoms with Crippen molar-refractivity contribution in [2.75, 3.05) is 26.7 Å². The summed E-state index contributed by atoms with van der Waals surface area (Å²) in [5, 5.41) is 3.12. The van der Waals surface area contributed by atoms with Gasteiger partial charge >= 0.3 is 0 Å². The number of hydrogen-bond donors (Lipinski definition) is 1. The second kappa shape index (κ2) is 11.0. The van der Waals surface area contributed by atoms with Crippen molar-refractivity contribution < 1.29 is 14.3 Å². The molecule has 1 N–H and O–H groups in total. The molecule has 0 bridgehead atoms. The van der Waals surface area contributed by atoms with Crippen LogP contribution in [-0.2, 0) is 9.59 Å². The Morgan fingerprint density at radius 1 is 1.12 bits per heavy atom. The van der Waals surface area contributed by atoms with E-state index in [1.54, 1.807) is 18.2 Å². The van der Waals surface area contributed by atoms with Crippen molar-refractivity contribution in [1.82, 2.24) is 15.1 Å². The van der Waals surface area contributed by atoms with Crippen LogP contribution < -0.4 is 10.1 Å². The fourth-order valence-corrected chi connectivity index (χ4v) is 4.34. The number of fused-ring (bicyclic) bond motifs is 1. The van der Waals surface area contributed by atoms with Crippen LogP contribution in [0.15, 0.2) is 54.7 Å². The molecule has 32 heavy (non-hydrogen) atoms. The van der Waals surface area contributed by atoms with E-state index in [0.717, 1.165) is 35.5 Å². The molecule has 2 aromatic carbocycles. The quantitative estimate of drug-likeness (QED) is 0.643. The van der Waals surface area contributed by atoms with Crippen LogP contribution in [0.3, 0.4) is 0 Å². The molecule has 0 saturated heterocycles. The highest BCUT2D eigenvalue weighted by Crippen LogP contribution is 2.33. The lowest BCUT2D eigenvalue weighted by Crippen LogP contribution is -2.40. The Hall–Kier alpha value is -3.12. The third kappa shape index (κ3) is 5.37. The molecule has 0 spiro atoms. The van der Waals surface area contributed by atoms with Gasteiger partial charge in [0.15, 0.2) is 0 Å². The topological polar surface area (TPSA) is 61.9 Å². The fraction of sp³-hybridized carbons (Fsp3) is 0.385. The van der Waals surface area contributed by atoms with E-state index in [2.05, 4.69) is 30.1 Å². The number of rotatable bonds is 9. The highest BCUT2D eigenvalue weighted by atomic mass is 16.5. The molecule has 0 radical (unpaired) electrons. The Kier molecular flexibility index (Phi) is 8.06. The van der Waals surface area contributed by atoms with Crippen LogP contribution >= 0.6 is 0 Å². The molecule has 0 aliphatic carbocycles. The Bertz CT molecular complexity index is 968. The van der Waals surface area contributed by atoms with Crippen LogP contribution in [-0.4, -0.2) is 48.4 Å². The molecule has 1 aliphatic heterocycles. The molecular weight excluding hydrogens is 402 g/mol. The van der Waals surface area contributed by atoms with Gasteiger partial charge in [0.2, 0.25) is 11.8 Å². The molecular formula is C26H33N3O3. The largest absolute Gasteiger partial charge is 0.497 e. The van der Waals surface area contributed by atoms with Crippen molar-refractivity contribution in [1.29, 1.82) is 0 Å². The zero-order valence-corrected chi connectivity index (χ0v) is 19.4. The summed E-state index contributed by atoms with van der Waals surface area (Å²) in [7, 11) is 1.66. The van der Waals surface area contributed by atoms with Crippen molar-refractivity contribution in [3.05, 3.63) is 71.4 Å². The number of nitrogens with one attached hydrogen (secondary N) is 1. The maximum Gasteiger partial charge on any atom is 0.223 e. The Morgan fingerprint density at radius 3 is 2.56 bits per heavy atom. The third-order valence-electron chi connectivity index (χ3n) is 6.07. The lowest BCUT2D eigenvalue weighted by atomic mass is 9.93. The van der Waals surface area contributed by atoms with Crippen molar-refractivity contribution in [3.63, 3.8) is 0 Å². The number of ether oxygens (including phenoxy) is 1. The number of amides is 2. The summed E-state index contributed by atoms with van der Waals surface area (Å²) >= 11 is 0. The van der Waals surface area contributed by atoms with Crippen LogP contribution in [0.25, 0.3) is 6.08 Å². The van der Waals surface area contributed by atoms with Gasteiger partial charge in [0.05, 0.1) is 25.6 Å². The first kappa shape index (κ1) is 23.5. The first-order valence-corrected chi connectivity index (χ1v) is 11.2. The predicted octanol–water partition coefficient (Wildman–Crippen LogP) is 4.16. The summed E-state index contributed by atoms with van der Waals surface area (Å²) in [6.45, 7) is 7.99. The highest BCUT2D eigenvalue weighted by molar-refractivity contribution is 5.81. The lowest BCUT2D eigenvalue weighted by Gasteiger charge is -2.33. The molecule has 0 aromatic heterocycles. The van der Waals surface area contributed by atoms with Crippen molar-refractivity contribution in [3.8, 4) is 5.75 Å². The Balaban J connectivity index is 1.75. The van der Waals surface area contributed by atoms with Crippen molar-refractivity contribution in [2.24, 2.45) is 0 Å². The Labute approximate surface area is 190 Å². The van der Waals surface area contributed by atoms with E-state index in [0.29, 0.717) is 6.54 Å². The number of benzene rings is 2. The van der Waals surface area contributed by atoms with Crippen LogP contribution in [0.2, 0.25) is 0 Å². The van der Waals surface area contributed by atoms with Gasteiger partial charge in [0.25, 0.3) is 0 Å². The summed E-state index contributed by atoms with van der Waals surface area (Å²) < 4.78 is 5.40. The van der Waals surface area contributed by atoms with E-state index in [1.807, 2.05) is 48.5 Å². The molecule has 2 unspecified atom stereocenters. The SMILES string of the molecule is CCN(CC)C(CNC(=O)CC1c2ccccc2C=CN1C(C)=O)c1cccc(OC)c1. The molecule has 3 rings (SSSR count). The van der Waals surface area contributed by atoms with Crippen LogP contribution in [0, 0.1) is 0 Å². The minimum Gasteiger partial charge on any atom is -0.497 e. The summed E-state index contributed by atoms with van der Waals surface area (Å²) in [6.07, 6.45) is 3.91. The second-order valence-electron chi connectivity index (χ2n) is 7.91. The molecule has 2 aromatic rings. The summed E-state index contributed by atoms with van der Waals surface area (Å²) in [5.41, 5.74) is 3.14. The van der Waals surface area contributed by atoms with Gasteiger partial charge in [0, 0.05) is 19.7 Å². The number of carbonyl (C=O) groups is 2. The zero-order valence-electron chi connectivity index (χ0n) is 19.4. The number of nitrogens with zero attached hydrogens (tertiary/aromatic N) is 2. The maximum atomic E-state index is 13.0. The molecule has 170 valence electrons. The van der Waals surface area contributed by atoms with Crippen LogP contribution in [0.1, 0.15) is 56.0 Å². The number of likely N-dealkylation sites (N-methyl/N-ethyl adjacent to an activating group) is 1. The molecule has 2 atom stereocenters. The highest BCUT2D eigenvalue weighted by Gasteiger charge is 2.28. The van der Waals surface area contributed by atoms with Gasteiger partial charge in [-0.3, -0.25) is 14.5 Å².